The Balaban J connectivity index is 1.97. The Morgan fingerprint density at radius 3 is 3.06 bits per heavy atom. The molecule has 0 aliphatic carbocycles. The van der Waals surface area contributed by atoms with Gasteiger partial charge in [-0.25, -0.2) is 4.98 Å². The highest BCUT2D eigenvalue weighted by Crippen LogP contribution is 2.06. The number of hydrogen-bond donors (Lipinski definition) is 2. The summed E-state index contributed by atoms with van der Waals surface area (Å²) < 4.78 is 4.57. The van der Waals surface area contributed by atoms with Crippen molar-refractivity contribution >= 4 is 11.7 Å². The van der Waals surface area contributed by atoms with Crippen molar-refractivity contribution in [2.24, 2.45) is 0 Å². The summed E-state index contributed by atoms with van der Waals surface area (Å²) in [6.07, 6.45) is 2.80. The number of rotatable bonds is 5. The van der Waals surface area contributed by atoms with Crippen molar-refractivity contribution in [3.05, 3.63) is 36.1 Å². The van der Waals surface area contributed by atoms with Gasteiger partial charge in [0.25, 0.3) is 5.91 Å². The molecule has 0 aliphatic rings. The van der Waals surface area contributed by atoms with E-state index in [1.54, 1.807) is 18.3 Å². The molecule has 0 aliphatic heterocycles. The SMILES string of the molecule is CCNc1cc(C(=O)NCc2ncon2)ccn1. The highest BCUT2D eigenvalue weighted by atomic mass is 16.5. The van der Waals surface area contributed by atoms with Crippen LogP contribution in [0.15, 0.2) is 29.2 Å². The minimum absolute atomic E-state index is 0.207. The van der Waals surface area contributed by atoms with Crippen LogP contribution in [0.1, 0.15) is 23.1 Å². The lowest BCUT2D eigenvalue weighted by Crippen LogP contribution is -2.23. The van der Waals surface area contributed by atoms with Gasteiger partial charge in [-0.2, -0.15) is 4.98 Å². The zero-order valence-corrected chi connectivity index (χ0v) is 9.88. The van der Waals surface area contributed by atoms with E-state index < -0.39 is 0 Å². The van der Waals surface area contributed by atoms with E-state index in [-0.39, 0.29) is 12.5 Å². The second-order valence-electron chi connectivity index (χ2n) is 3.49. The summed E-state index contributed by atoms with van der Waals surface area (Å²) in [6.45, 7) is 2.94. The second-order valence-corrected chi connectivity index (χ2v) is 3.49. The van der Waals surface area contributed by atoms with Crippen molar-refractivity contribution in [1.82, 2.24) is 20.4 Å². The van der Waals surface area contributed by atoms with E-state index >= 15 is 0 Å². The average Bonchev–Trinajstić information content (AvgIpc) is 2.90. The largest absolute Gasteiger partial charge is 0.370 e. The zero-order valence-electron chi connectivity index (χ0n) is 9.88. The fraction of sp³-hybridized carbons (Fsp3) is 0.273. The number of nitrogens with zero attached hydrogens (tertiary/aromatic N) is 3. The van der Waals surface area contributed by atoms with Gasteiger partial charge in [0.1, 0.15) is 5.82 Å². The van der Waals surface area contributed by atoms with Crippen molar-refractivity contribution in [2.45, 2.75) is 13.5 Å². The summed E-state index contributed by atoms with van der Waals surface area (Å²) in [7, 11) is 0. The Kier molecular flexibility index (Phi) is 3.85. The number of carbonyl (C=O) groups is 1. The minimum Gasteiger partial charge on any atom is -0.370 e. The van der Waals surface area contributed by atoms with E-state index in [4.69, 9.17) is 0 Å². The first-order valence-corrected chi connectivity index (χ1v) is 5.53. The van der Waals surface area contributed by atoms with Crippen molar-refractivity contribution in [3.8, 4) is 0 Å². The first-order chi connectivity index (χ1) is 8.79. The molecule has 7 nitrogen and oxygen atoms in total. The molecule has 2 rings (SSSR count). The fourth-order valence-electron chi connectivity index (χ4n) is 1.38. The topological polar surface area (TPSA) is 92.9 Å². The Bertz CT molecular complexity index is 512. The van der Waals surface area contributed by atoms with Crippen LogP contribution in [0.4, 0.5) is 5.82 Å². The molecule has 0 spiro atoms. The summed E-state index contributed by atoms with van der Waals surface area (Å²) >= 11 is 0. The maximum atomic E-state index is 11.8. The Morgan fingerprint density at radius 1 is 1.44 bits per heavy atom. The fourth-order valence-corrected chi connectivity index (χ4v) is 1.38. The van der Waals surface area contributed by atoms with Crippen LogP contribution < -0.4 is 10.6 Å². The zero-order chi connectivity index (χ0) is 12.8. The van der Waals surface area contributed by atoms with Crippen molar-refractivity contribution in [1.29, 1.82) is 0 Å². The molecule has 18 heavy (non-hydrogen) atoms. The number of carbonyl (C=O) groups excluding carboxylic acids is 1. The molecule has 2 heterocycles. The van der Waals surface area contributed by atoms with Gasteiger partial charge in [0.15, 0.2) is 5.82 Å². The highest BCUT2D eigenvalue weighted by Gasteiger charge is 2.07. The molecule has 1 amide bonds. The third-order valence-electron chi connectivity index (χ3n) is 2.19. The standard InChI is InChI=1S/C11H13N5O2/c1-2-12-9-5-8(3-4-13-9)11(17)14-6-10-15-7-18-16-10/h3-5,7H,2,6H2,1H3,(H,12,13)(H,14,17). The monoisotopic (exact) mass is 247 g/mol. The van der Waals surface area contributed by atoms with Gasteiger partial charge in [-0.3, -0.25) is 4.79 Å². The van der Waals surface area contributed by atoms with Crippen LogP contribution >= 0.6 is 0 Å². The Morgan fingerprint density at radius 2 is 2.33 bits per heavy atom. The van der Waals surface area contributed by atoms with Gasteiger partial charge in [0, 0.05) is 18.3 Å². The molecule has 2 aromatic heterocycles. The van der Waals surface area contributed by atoms with Gasteiger partial charge in [-0.05, 0) is 19.1 Å². The third-order valence-corrected chi connectivity index (χ3v) is 2.19. The molecule has 0 unspecified atom stereocenters. The van der Waals surface area contributed by atoms with Crippen LogP contribution in [0.5, 0.6) is 0 Å². The molecule has 0 saturated heterocycles. The smallest absolute Gasteiger partial charge is 0.251 e. The molecule has 0 aromatic carbocycles. The van der Waals surface area contributed by atoms with E-state index in [1.165, 1.54) is 6.39 Å². The first kappa shape index (κ1) is 12.0. The Labute approximate surface area is 104 Å². The van der Waals surface area contributed by atoms with Crippen LogP contribution in [0.25, 0.3) is 0 Å². The van der Waals surface area contributed by atoms with E-state index in [0.29, 0.717) is 17.2 Å². The van der Waals surface area contributed by atoms with Gasteiger partial charge in [0.2, 0.25) is 6.39 Å². The molecule has 94 valence electrons. The second kappa shape index (κ2) is 5.76. The molecule has 0 atom stereocenters. The lowest BCUT2D eigenvalue weighted by Gasteiger charge is -2.05. The molecule has 0 bridgehead atoms. The average molecular weight is 247 g/mol. The van der Waals surface area contributed by atoms with Gasteiger partial charge >= 0.3 is 0 Å². The Hall–Kier alpha value is -2.44. The molecule has 7 heteroatoms. The first-order valence-electron chi connectivity index (χ1n) is 5.53. The van der Waals surface area contributed by atoms with E-state index in [0.717, 1.165) is 6.54 Å². The van der Waals surface area contributed by atoms with Crippen LogP contribution in [0.2, 0.25) is 0 Å². The maximum Gasteiger partial charge on any atom is 0.251 e. The predicted molar refractivity (Wildman–Crippen MR) is 63.9 cm³/mol. The van der Waals surface area contributed by atoms with Crippen LogP contribution in [-0.4, -0.2) is 27.6 Å². The number of pyridine rings is 1. The number of anilines is 1. The number of hydrogen-bond acceptors (Lipinski definition) is 6. The van der Waals surface area contributed by atoms with Crippen molar-refractivity contribution in [2.75, 3.05) is 11.9 Å². The van der Waals surface area contributed by atoms with E-state index in [1.807, 2.05) is 6.92 Å². The van der Waals surface area contributed by atoms with Gasteiger partial charge < -0.3 is 15.2 Å². The third kappa shape index (κ3) is 3.03. The van der Waals surface area contributed by atoms with E-state index in [9.17, 15) is 4.79 Å². The van der Waals surface area contributed by atoms with Gasteiger partial charge in [-0.1, -0.05) is 5.16 Å². The van der Waals surface area contributed by atoms with Crippen LogP contribution in [0.3, 0.4) is 0 Å². The summed E-state index contributed by atoms with van der Waals surface area (Å²) in [5.41, 5.74) is 0.532. The molecule has 0 radical (unpaired) electrons. The van der Waals surface area contributed by atoms with Crippen LogP contribution in [0, 0.1) is 0 Å². The van der Waals surface area contributed by atoms with Crippen LogP contribution in [-0.2, 0) is 6.54 Å². The lowest BCUT2D eigenvalue weighted by molar-refractivity contribution is 0.0949. The maximum absolute atomic E-state index is 11.8. The van der Waals surface area contributed by atoms with Gasteiger partial charge in [0.05, 0.1) is 6.54 Å². The van der Waals surface area contributed by atoms with Gasteiger partial charge in [-0.15, -0.1) is 0 Å². The molecule has 0 saturated carbocycles. The molecule has 0 fully saturated rings. The number of nitrogens with one attached hydrogen (secondary N) is 2. The van der Waals surface area contributed by atoms with E-state index in [2.05, 4.69) is 30.3 Å². The predicted octanol–water partition coefficient (Wildman–Crippen LogP) is 0.826. The quantitative estimate of drug-likeness (QED) is 0.812. The van der Waals surface area contributed by atoms with Crippen molar-refractivity contribution < 1.29 is 9.32 Å². The summed E-state index contributed by atoms with van der Waals surface area (Å²) in [4.78, 5) is 19.7. The summed E-state index contributed by atoms with van der Waals surface area (Å²) in [5.74, 6) is 0.898. The van der Waals surface area contributed by atoms with Crippen molar-refractivity contribution in [3.63, 3.8) is 0 Å². The molecular formula is C11H13N5O2. The summed E-state index contributed by atoms with van der Waals surface area (Å²) in [6, 6.07) is 3.33. The molecular weight excluding hydrogens is 234 g/mol. The lowest BCUT2D eigenvalue weighted by atomic mass is 10.2. The highest BCUT2D eigenvalue weighted by molar-refractivity contribution is 5.94. The normalized spacial score (nSPS) is 10.1. The number of aromatic nitrogens is 3. The number of amides is 1. The minimum atomic E-state index is -0.207. The molecule has 2 N–H and O–H groups in total. The molecule has 2 aromatic rings. The summed E-state index contributed by atoms with van der Waals surface area (Å²) in [5, 5.41) is 9.34.